The number of nitrogens with zero attached hydrogens (tertiary/aromatic N) is 5. The molecule has 240 valence electrons. The minimum Gasteiger partial charge on any atom is -0.494 e. The maximum atomic E-state index is 11.3. The van der Waals surface area contributed by atoms with Crippen LogP contribution < -0.4 is 9.64 Å². The highest BCUT2D eigenvalue weighted by atomic mass is 16.5. The van der Waals surface area contributed by atoms with E-state index in [1.807, 2.05) is 79.7 Å². The molecule has 0 atom stereocenters. The Bertz CT molecular complexity index is 1310. The summed E-state index contributed by atoms with van der Waals surface area (Å²) >= 11 is 0. The van der Waals surface area contributed by atoms with Crippen LogP contribution in [-0.4, -0.2) is 45.5 Å². The molecule has 3 aromatic rings. The maximum absolute atomic E-state index is 11.3. The van der Waals surface area contributed by atoms with Gasteiger partial charge in [0.05, 0.1) is 35.9 Å². The zero-order valence-corrected chi connectivity index (χ0v) is 26.8. The lowest BCUT2D eigenvalue weighted by atomic mass is 10.1. The van der Waals surface area contributed by atoms with E-state index in [-0.39, 0.29) is 0 Å². The van der Waals surface area contributed by atoms with Gasteiger partial charge < -0.3 is 19.1 Å². The second kappa shape index (κ2) is 21.4. The average Bonchev–Trinajstić information content (AvgIpc) is 3.08. The van der Waals surface area contributed by atoms with Gasteiger partial charge in [0.2, 0.25) is 0 Å². The van der Waals surface area contributed by atoms with Crippen LogP contribution in [0.15, 0.2) is 106 Å². The summed E-state index contributed by atoms with van der Waals surface area (Å²) < 4.78 is 16.3. The fourth-order valence-electron chi connectivity index (χ4n) is 4.47. The fraction of sp³-hybridized carbons (Fsp3) is 0.417. The first-order valence-corrected chi connectivity index (χ1v) is 16.0. The number of esters is 1. The Balaban J connectivity index is 1.36. The van der Waals surface area contributed by atoms with Crippen molar-refractivity contribution >= 4 is 34.4 Å². The molecule has 0 fully saturated rings. The summed E-state index contributed by atoms with van der Waals surface area (Å²) in [6.07, 6.45) is 9.69. The van der Waals surface area contributed by atoms with Crippen molar-refractivity contribution < 1.29 is 19.0 Å². The lowest BCUT2D eigenvalue weighted by molar-refractivity contribution is -0.137. The largest absolute Gasteiger partial charge is 0.494 e. The average molecular weight is 614 g/mol. The van der Waals surface area contributed by atoms with Crippen molar-refractivity contribution in [2.45, 2.75) is 58.8 Å². The first kappa shape index (κ1) is 35.1. The van der Waals surface area contributed by atoms with Gasteiger partial charge in [-0.15, -0.1) is 0 Å². The number of carbonyl (C=O) groups is 1. The number of likely N-dealkylation sites (N-methyl/N-ethyl adjacent to an activating group) is 1. The van der Waals surface area contributed by atoms with E-state index in [0.29, 0.717) is 13.2 Å². The molecular weight excluding hydrogens is 566 g/mol. The van der Waals surface area contributed by atoms with E-state index in [1.165, 1.54) is 44.6 Å². The molecule has 0 unspecified atom stereocenters. The Kier molecular flexibility index (Phi) is 16.7. The summed E-state index contributed by atoms with van der Waals surface area (Å²) in [5.41, 5.74) is 3.97. The normalized spacial score (nSPS) is 11.2. The standard InChI is InChI=1S/C36H47N5O4/c1-4-36(42)45-29-26-41(5-2)34-22-18-32(19-23-34)39-37-30-14-16-31(17-15-30)38-40-33-20-24-35(25-21-33)44-28-13-11-9-7-8-10-12-27-43-6-3/h4,14-25H,1,5-13,26-29H2,2-3H3. The van der Waals surface area contributed by atoms with Crippen molar-refractivity contribution in [2.24, 2.45) is 20.5 Å². The van der Waals surface area contributed by atoms with Crippen LogP contribution >= 0.6 is 0 Å². The lowest BCUT2D eigenvalue weighted by Crippen LogP contribution is -2.27. The molecule has 3 rings (SSSR count). The second-order valence-electron chi connectivity index (χ2n) is 10.4. The molecule has 0 heterocycles. The quantitative estimate of drug-likeness (QED) is 0.0486. The molecule has 3 aromatic carbocycles. The Morgan fingerprint density at radius 1 is 0.667 bits per heavy atom. The molecule has 0 spiro atoms. The Morgan fingerprint density at radius 2 is 1.13 bits per heavy atom. The highest BCUT2D eigenvalue weighted by molar-refractivity contribution is 5.81. The SMILES string of the molecule is C=CC(=O)OCCN(CC)c1ccc(N=Nc2ccc(N=Nc3ccc(OCCCCCCCCCOCC)cc3)cc2)cc1. The number of azo groups is 2. The number of anilines is 1. The number of carbonyl (C=O) groups excluding carboxylic acids is 1. The number of rotatable bonds is 22. The number of hydrogen-bond donors (Lipinski definition) is 0. The van der Waals surface area contributed by atoms with Crippen LogP contribution in [0.1, 0.15) is 58.8 Å². The van der Waals surface area contributed by atoms with Crippen molar-refractivity contribution in [1.82, 2.24) is 0 Å². The van der Waals surface area contributed by atoms with Gasteiger partial charge in [0, 0.05) is 31.5 Å². The zero-order valence-electron chi connectivity index (χ0n) is 26.8. The van der Waals surface area contributed by atoms with Gasteiger partial charge in [0.15, 0.2) is 0 Å². The van der Waals surface area contributed by atoms with Crippen molar-refractivity contribution in [3.05, 3.63) is 85.5 Å². The van der Waals surface area contributed by atoms with Crippen LogP contribution in [0.2, 0.25) is 0 Å². The first-order chi connectivity index (χ1) is 22.1. The van der Waals surface area contributed by atoms with Gasteiger partial charge >= 0.3 is 5.97 Å². The molecule has 0 N–H and O–H groups in total. The second-order valence-corrected chi connectivity index (χ2v) is 10.4. The van der Waals surface area contributed by atoms with Crippen molar-refractivity contribution in [3.8, 4) is 5.75 Å². The van der Waals surface area contributed by atoms with Crippen LogP contribution in [0.3, 0.4) is 0 Å². The molecule has 0 amide bonds. The van der Waals surface area contributed by atoms with E-state index >= 15 is 0 Å². The van der Waals surface area contributed by atoms with Crippen LogP contribution in [-0.2, 0) is 14.3 Å². The first-order valence-electron chi connectivity index (χ1n) is 16.0. The molecule has 0 aliphatic carbocycles. The lowest BCUT2D eigenvalue weighted by Gasteiger charge is -2.22. The summed E-state index contributed by atoms with van der Waals surface area (Å²) in [5, 5.41) is 17.3. The van der Waals surface area contributed by atoms with E-state index < -0.39 is 5.97 Å². The summed E-state index contributed by atoms with van der Waals surface area (Å²) in [6.45, 7) is 11.6. The molecule has 0 aliphatic rings. The monoisotopic (exact) mass is 613 g/mol. The van der Waals surface area contributed by atoms with Crippen molar-refractivity contribution in [2.75, 3.05) is 44.4 Å². The van der Waals surface area contributed by atoms with Gasteiger partial charge in [-0.25, -0.2) is 4.79 Å². The molecule has 0 aliphatic heterocycles. The number of hydrogen-bond acceptors (Lipinski definition) is 9. The van der Waals surface area contributed by atoms with Gasteiger partial charge in [-0.3, -0.25) is 0 Å². The Hall–Kier alpha value is -4.37. The molecule has 0 aromatic heterocycles. The third-order valence-electron chi connectivity index (χ3n) is 7.02. The molecule has 0 saturated heterocycles. The molecule has 9 heteroatoms. The highest BCUT2D eigenvalue weighted by Gasteiger charge is 2.06. The van der Waals surface area contributed by atoms with Gasteiger partial charge in [0.1, 0.15) is 12.4 Å². The summed E-state index contributed by atoms with van der Waals surface area (Å²) in [6, 6.07) is 22.9. The van der Waals surface area contributed by atoms with Crippen LogP contribution in [0, 0.1) is 0 Å². The van der Waals surface area contributed by atoms with Crippen LogP contribution in [0.5, 0.6) is 5.75 Å². The van der Waals surface area contributed by atoms with Crippen molar-refractivity contribution in [3.63, 3.8) is 0 Å². The van der Waals surface area contributed by atoms with E-state index in [4.69, 9.17) is 14.2 Å². The third kappa shape index (κ3) is 14.3. The van der Waals surface area contributed by atoms with Gasteiger partial charge in [-0.05, 0) is 99.5 Å². The van der Waals surface area contributed by atoms with E-state index in [0.717, 1.165) is 67.0 Å². The van der Waals surface area contributed by atoms with E-state index in [9.17, 15) is 4.79 Å². The zero-order chi connectivity index (χ0) is 32.0. The third-order valence-corrected chi connectivity index (χ3v) is 7.02. The number of ether oxygens (including phenoxy) is 3. The summed E-state index contributed by atoms with van der Waals surface area (Å²) in [5.74, 6) is 0.435. The topological polar surface area (TPSA) is 97.4 Å². The minimum atomic E-state index is -0.416. The Morgan fingerprint density at radius 3 is 1.62 bits per heavy atom. The fourth-order valence-corrected chi connectivity index (χ4v) is 4.47. The molecule has 9 nitrogen and oxygen atoms in total. The van der Waals surface area contributed by atoms with Gasteiger partial charge in [-0.1, -0.05) is 38.7 Å². The predicted octanol–water partition coefficient (Wildman–Crippen LogP) is 10.2. The van der Waals surface area contributed by atoms with Crippen LogP contribution in [0.4, 0.5) is 28.4 Å². The maximum Gasteiger partial charge on any atom is 0.330 e. The molecule has 45 heavy (non-hydrogen) atoms. The smallest absolute Gasteiger partial charge is 0.330 e. The molecule has 0 bridgehead atoms. The minimum absolute atomic E-state index is 0.300. The molecule has 0 saturated carbocycles. The highest BCUT2D eigenvalue weighted by Crippen LogP contribution is 2.26. The van der Waals surface area contributed by atoms with E-state index in [2.05, 4.69) is 38.9 Å². The summed E-state index contributed by atoms with van der Waals surface area (Å²) in [7, 11) is 0. The van der Waals surface area contributed by atoms with Gasteiger partial charge in [0.25, 0.3) is 0 Å². The Labute approximate surface area is 268 Å². The van der Waals surface area contributed by atoms with E-state index in [1.54, 1.807) is 0 Å². The van der Waals surface area contributed by atoms with Crippen molar-refractivity contribution in [1.29, 1.82) is 0 Å². The van der Waals surface area contributed by atoms with Crippen LogP contribution in [0.25, 0.3) is 0 Å². The molecular formula is C36H47N5O4. The predicted molar refractivity (Wildman–Crippen MR) is 181 cm³/mol. The summed E-state index contributed by atoms with van der Waals surface area (Å²) in [4.78, 5) is 13.4. The number of unbranched alkanes of at least 4 members (excludes halogenated alkanes) is 6. The van der Waals surface area contributed by atoms with Gasteiger partial charge in [-0.2, -0.15) is 20.5 Å². The molecule has 0 radical (unpaired) electrons. The number of benzene rings is 3.